The number of likely N-dealkylation sites (N-methyl/N-ethyl adjacent to an activating group) is 1. The van der Waals surface area contributed by atoms with Gasteiger partial charge in [0.05, 0.1) is 19.4 Å². The van der Waals surface area contributed by atoms with Crippen LogP contribution in [0.3, 0.4) is 0 Å². The number of aliphatic hydroxyl groups is 1. The second kappa shape index (κ2) is 6.07. The molecule has 4 nitrogen and oxygen atoms in total. The van der Waals surface area contributed by atoms with E-state index in [0.717, 1.165) is 37.5 Å². The molecule has 1 aliphatic heterocycles. The van der Waals surface area contributed by atoms with Crippen molar-refractivity contribution in [2.45, 2.75) is 12.5 Å². The van der Waals surface area contributed by atoms with Crippen LogP contribution in [0.5, 0.6) is 5.75 Å². The molecule has 18 heavy (non-hydrogen) atoms. The van der Waals surface area contributed by atoms with Crippen molar-refractivity contribution in [1.29, 1.82) is 0 Å². The molecule has 1 N–H and O–H groups in total. The molecule has 1 unspecified atom stereocenters. The van der Waals surface area contributed by atoms with Gasteiger partial charge in [0, 0.05) is 19.1 Å². The highest BCUT2D eigenvalue weighted by atomic mass is 16.5. The zero-order valence-electron chi connectivity index (χ0n) is 11.2. The summed E-state index contributed by atoms with van der Waals surface area (Å²) in [4.78, 5) is 4.54. The highest BCUT2D eigenvalue weighted by Gasteiger charge is 2.23. The Morgan fingerprint density at radius 1 is 1.33 bits per heavy atom. The van der Waals surface area contributed by atoms with Gasteiger partial charge in [-0.1, -0.05) is 12.1 Å². The van der Waals surface area contributed by atoms with Gasteiger partial charge in [0.15, 0.2) is 0 Å². The Kier molecular flexibility index (Phi) is 4.44. The fourth-order valence-electron chi connectivity index (χ4n) is 2.49. The largest absolute Gasteiger partial charge is 0.495 e. The quantitative estimate of drug-likeness (QED) is 0.874. The van der Waals surface area contributed by atoms with Crippen LogP contribution in [0.1, 0.15) is 6.42 Å². The molecule has 1 saturated heterocycles. The van der Waals surface area contributed by atoms with Gasteiger partial charge in [-0.3, -0.25) is 4.90 Å². The lowest BCUT2D eigenvalue weighted by Crippen LogP contribution is -2.41. The van der Waals surface area contributed by atoms with Gasteiger partial charge in [-0.05, 0) is 32.1 Å². The van der Waals surface area contributed by atoms with Crippen molar-refractivity contribution in [3.8, 4) is 5.75 Å². The van der Waals surface area contributed by atoms with Gasteiger partial charge in [-0.2, -0.15) is 0 Å². The van der Waals surface area contributed by atoms with Crippen molar-refractivity contribution in [2.75, 3.05) is 45.3 Å². The first-order valence-corrected chi connectivity index (χ1v) is 6.45. The van der Waals surface area contributed by atoms with E-state index in [1.54, 1.807) is 7.11 Å². The molecule has 0 aliphatic carbocycles. The zero-order valence-corrected chi connectivity index (χ0v) is 11.2. The maximum absolute atomic E-state index is 9.48. The van der Waals surface area contributed by atoms with Crippen molar-refractivity contribution in [3.63, 3.8) is 0 Å². The number of hydrogen-bond acceptors (Lipinski definition) is 4. The maximum atomic E-state index is 9.48. The van der Waals surface area contributed by atoms with E-state index >= 15 is 0 Å². The van der Waals surface area contributed by atoms with E-state index in [0.29, 0.717) is 0 Å². The molecule has 1 aliphatic rings. The number of nitrogens with zero attached hydrogens (tertiary/aromatic N) is 2. The van der Waals surface area contributed by atoms with Gasteiger partial charge in [0.25, 0.3) is 0 Å². The second-order valence-corrected chi connectivity index (χ2v) is 4.79. The molecule has 100 valence electrons. The highest BCUT2D eigenvalue weighted by molar-refractivity contribution is 5.58. The van der Waals surface area contributed by atoms with Crippen molar-refractivity contribution < 1.29 is 9.84 Å². The van der Waals surface area contributed by atoms with Crippen LogP contribution in [0.4, 0.5) is 5.69 Å². The molecule has 1 aromatic rings. The molecule has 0 amide bonds. The smallest absolute Gasteiger partial charge is 0.142 e. The van der Waals surface area contributed by atoms with Gasteiger partial charge < -0.3 is 14.7 Å². The van der Waals surface area contributed by atoms with Crippen LogP contribution in [0.15, 0.2) is 24.3 Å². The molecule has 1 atom stereocenters. The molecule has 1 heterocycles. The third kappa shape index (κ3) is 2.76. The molecular weight excluding hydrogens is 228 g/mol. The lowest BCUT2D eigenvalue weighted by Gasteiger charge is -2.29. The van der Waals surface area contributed by atoms with Gasteiger partial charge in [-0.25, -0.2) is 0 Å². The predicted octanol–water partition coefficient (Wildman–Crippen LogP) is 1.20. The molecule has 0 bridgehead atoms. The van der Waals surface area contributed by atoms with Gasteiger partial charge >= 0.3 is 0 Å². The summed E-state index contributed by atoms with van der Waals surface area (Å²) in [7, 11) is 3.78. The van der Waals surface area contributed by atoms with Crippen molar-refractivity contribution >= 4 is 5.69 Å². The number of para-hydroxylation sites is 2. The number of aliphatic hydroxyl groups excluding tert-OH is 1. The Balaban J connectivity index is 2.21. The zero-order chi connectivity index (χ0) is 13.0. The first-order chi connectivity index (χ1) is 8.76. The lowest BCUT2D eigenvalue weighted by atomic mass is 10.2. The van der Waals surface area contributed by atoms with Crippen molar-refractivity contribution in [2.24, 2.45) is 0 Å². The van der Waals surface area contributed by atoms with E-state index < -0.39 is 0 Å². The summed E-state index contributed by atoms with van der Waals surface area (Å²) in [6, 6.07) is 8.27. The van der Waals surface area contributed by atoms with Crippen LogP contribution in [0.2, 0.25) is 0 Å². The fourth-order valence-corrected chi connectivity index (χ4v) is 2.49. The van der Waals surface area contributed by atoms with E-state index in [1.807, 2.05) is 18.2 Å². The van der Waals surface area contributed by atoms with E-state index in [1.165, 1.54) is 0 Å². The van der Waals surface area contributed by atoms with Crippen molar-refractivity contribution in [1.82, 2.24) is 4.90 Å². The Bertz CT molecular complexity index is 384. The van der Waals surface area contributed by atoms with Crippen LogP contribution in [0, 0.1) is 0 Å². The standard InChI is InChI=1S/C14H22N2O2/c1-15-8-5-9-16(10-12(15)11-17)13-6-3-4-7-14(13)18-2/h3-4,6-7,12,17H,5,8-11H2,1-2H3. The van der Waals surface area contributed by atoms with E-state index in [4.69, 9.17) is 4.74 Å². The second-order valence-electron chi connectivity index (χ2n) is 4.79. The summed E-state index contributed by atoms with van der Waals surface area (Å²) in [5, 5.41) is 9.48. The number of anilines is 1. The lowest BCUT2D eigenvalue weighted by molar-refractivity contribution is 0.159. The average molecular weight is 250 g/mol. The molecule has 4 heteroatoms. The monoisotopic (exact) mass is 250 g/mol. The average Bonchev–Trinajstić information content (AvgIpc) is 2.60. The molecular formula is C14H22N2O2. The summed E-state index contributed by atoms with van der Waals surface area (Å²) in [6.07, 6.45) is 1.10. The maximum Gasteiger partial charge on any atom is 0.142 e. The number of methoxy groups -OCH3 is 1. The minimum absolute atomic E-state index is 0.192. The van der Waals surface area contributed by atoms with Crippen molar-refractivity contribution in [3.05, 3.63) is 24.3 Å². The SMILES string of the molecule is COc1ccccc1N1CCCN(C)C(CO)C1. The number of hydrogen-bond donors (Lipinski definition) is 1. The molecule has 0 radical (unpaired) electrons. The molecule has 0 saturated carbocycles. The Morgan fingerprint density at radius 2 is 2.11 bits per heavy atom. The molecule has 1 aromatic carbocycles. The van der Waals surface area contributed by atoms with Crippen LogP contribution >= 0.6 is 0 Å². The Morgan fingerprint density at radius 3 is 2.83 bits per heavy atom. The first kappa shape index (κ1) is 13.2. The molecule has 2 rings (SSSR count). The summed E-state index contributed by atoms with van der Waals surface area (Å²) in [6.45, 7) is 3.06. The van der Waals surface area contributed by atoms with Crippen LogP contribution in [-0.2, 0) is 0 Å². The van der Waals surface area contributed by atoms with Gasteiger partial charge in [-0.15, -0.1) is 0 Å². The van der Waals surface area contributed by atoms with E-state index in [-0.39, 0.29) is 12.6 Å². The normalized spacial score (nSPS) is 21.7. The fraction of sp³-hybridized carbons (Fsp3) is 0.571. The Hall–Kier alpha value is -1.26. The van der Waals surface area contributed by atoms with E-state index in [9.17, 15) is 5.11 Å². The number of benzene rings is 1. The summed E-state index contributed by atoms with van der Waals surface area (Å²) < 4.78 is 5.42. The molecule has 1 fully saturated rings. The molecule has 0 aromatic heterocycles. The molecule has 0 spiro atoms. The highest BCUT2D eigenvalue weighted by Crippen LogP contribution is 2.29. The third-order valence-corrected chi connectivity index (χ3v) is 3.63. The third-order valence-electron chi connectivity index (χ3n) is 3.63. The van der Waals surface area contributed by atoms with Crippen LogP contribution in [-0.4, -0.2) is 56.4 Å². The van der Waals surface area contributed by atoms with Gasteiger partial charge in [0.1, 0.15) is 5.75 Å². The minimum atomic E-state index is 0.192. The number of ether oxygens (including phenoxy) is 1. The van der Waals surface area contributed by atoms with E-state index in [2.05, 4.69) is 22.9 Å². The Labute approximate surface area is 109 Å². The summed E-state index contributed by atoms with van der Waals surface area (Å²) in [5.41, 5.74) is 1.12. The topological polar surface area (TPSA) is 35.9 Å². The minimum Gasteiger partial charge on any atom is -0.495 e. The van der Waals surface area contributed by atoms with Crippen LogP contribution < -0.4 is 9.64 Å². The summed E-state index contributed by atoms with van der Waals surface area (Å²) >= 11 is 0. The number of rotatable bonds is 3. The van der Waals surface area contributed by atoms with Gasteiger partial charge in [0.2, 0.25) is 0 Å². The predicted molar refractivity (Wildman–Crippen MR) is 73.3 cm³/mol. The first-order valence-electron chi connectivity index (χ1n) is 6.45. The summed E-state index contributed by atoms with van der Waals surface area (Å²) in [5.74, 6) is 0.902. The van der Waals surface area contributed by atoms with Crippen LogP contribution in [0.25, 0.3) is 0 Å².